The summed E-state index contributed by atoms with van der Waals surface area (Å²) in [5.41, 5.74) is 3.18. The van der Waals surface area contributed by atoms with E-state index in [0.717, 1.165) is 61.8 Å². The van der Waals surface area contributed by atoms with E-state index in [2.05, 4.69) is 59.5 Å². The maximum atomic E-state index is 13.8. The lowest BCUT2D eigenvalue weighted by atomic mass is 9.49. The van der Waals surface area contributed by atoms with Crippen molar-refractivity contribution in [1.29, 1.82) is 0 Å². The van der Waals surface area contributed by atoms with Crippen LogP contribution in [0.25, 0.3) is 4.85 Å². The summed E-state index contributed by atoms with van der Waals surface area (Å²) in [5, 5.41) is 2.60. The first-order chi connectivity index (χ1) is 28.6. The molecule has 5 amide bonds. The van der Waals surface area contributed by atoms with Crippen LogP contribution in [0.5, 0.6) is 5.75 Å². The van der Waals surface area contributed by atoms with Crippen molar-refractivity contribution >= 4 is 52.5 Å². The smallest absolute Gasteiger partial charge is 0.262 e. The molecule has 0 spiro atoms. The zero-order chi connectivity index (χ0) is 42.2. The minimum absolute atomic E-state index is 0.0243. The van der Waals surface area contributed by atoms with Crippen LogP contribution in [0.3, 0.4) is 0 Å². The highest BCUT2D eigenvalue weighted by Gasteiger charge is 2.67. The Hall–Kier alpha value is -5.76. The number of nitrogens with one attached hydrogen (secondary N) is 1. The number of halogens is 1. The predicted octanol–water partition coefficient (Wildman–Crippen LogP) is 5.72. The van der Waals surface area contributed by atoms with Crippen molar-refractivity contribution in [1.82, 2.24) is 25.0 Å². The van der Waals surface area contributed by atoms with E-state index in [0.29, 0.717) is 51.3 Å². The third-order valence-electron chi connectivity index (χ3n) is 13.4. The molecular weight excluding hydrogens is 782 g/mol. The molecule has 4 fully saturated rings. The fraction of sp³-hybridized carbons (Fsp3) is 0.457. The first-order valence-electron chi connectivity index (χ1n) is 20.6. The van der Waals surface area contributed by atoms with E-state index in [-0.39, 0.29) is 47.6 Å². The number of hydrogen-bond acceptors (Lipinski definition) is 9. The number of aromatic nitrogens is 1. The van der Waals surface area contributed by atoms with Crippen LogP contribution in [0.15, 0.2) is 48.5 Å². The SMILES string of the molecule is [C-]#[N+]c1ccc(OC2C(C)(C)C(N3Cc4nc(C#CC5CN(CC6CCN(c7ccc8c(c7)C(=O)N(C7CCC(=O)NC7=O)C8=O)CC6)C5)ccc4C3=O)C2(C)C)cc1Cl. The van der Waals surface area contributed by atoms with Gasteiger partial charge in [0.1, 0.15) is 23.6 Å². The van der Waals surface area contributed by atoms with Gasteiger partial charge in [0.15, 0.2) is 0 Å². The monoisotopic (exact) mass is 827 g/mol. The third kappa shape index (κ3) is 6.68. The number of ether oxygens (including phenoxy) is 1. The van der Waals surface area contributed by atoms with E-state index in [9.17, 15) is 24.0 Å². The molecular formula is C46H46ClN7O6. The molecule has 2 aromatic carbocycles. The Balaban J connectivity index is 0.754. The summed E-state index contributed by atoms with van der Waals surface area (Å²) in [6.45, 7) is 20.7. The molecule has 1 aliphatic carbocycles. The number of piperidine rings is 2. The molecule has 1 saturated carbocycles. The van der Waals surface area contributed by atoms with Gasteiger partial charge in [-0.25, -0.2) is 9.83 Å². The number of carbonyl (C=O) groups is 5. The van der Waals surface area contributed by atoms with Gasteiger partial charge < -0.3 is 19.4 Å². The molecule has 1 aromatic heterocycles. The molecule has 5 aliphatic heterocycles. The van der Waals surface area contributed by atoms with E-state index >= 15 is 0 Å². The maximum absolute atomic E-state index is 13.8. The van der Waals surface area contributed by atoms with Gasteiger partial charge in [-0.3, -0.25) is 34.2 Å². The Bertz CT molecular complexity index is 2450. The minimum Gasteiger partial charge on any atom is -0.489 e. The maximum Gasteiger partial charge on any atom is 0.262 e. The molecule has 6 heterocycles. The van der Waals surface area contributed by atoms with Gasteiger partial charge in [-0.1, -0.05) is 51.3 Å². The normalized spacial score (nSPS) is 24.8. The first-order valence-corrected chi connectivity index (χ1v) is 21.0. The van der Waals surface area contributed by atoms with Crippen LogP contribution < -0.4 is 15.0 Å². The summed E-state index contributed by atoms with van der Waals surface area (Å²) in [5.74, 6) is 6.09. The molecule has 14 heteroatoms. The molecule has 60 heavy (non-hydrogen) atoms. The number of benzene rings is 2. The van der Waals surface area contributed by atoms with E-state index in [4.69, 9.17) is 27.9 Å². The summed E-state index contributed by atoms with van der Waals surface area (Å²) in [7, 11) is 0. The van der Waals surface area contributed by atoms with Crippen LogP contribution >= 0.6 is 11.6 Å². The first kappa shape index (κ1) is 39.7. The number of anilines is 1. The molecule has 13 nitrogen and oxygen atoms in total. The third-order valence-corrected chi connectivity index (χ3v) is 13.7. The number of amides is 5. The van der Waals surface area contributed by atoms with Gasteiger partial charge in [-0.2, -0.15) is 0 Å². The lowest BCUT2D eigenvalue weighted by Gasteiger charge is -2.65. The van der Waals surface area contributed by atoms with E-state index in [1.165, 1.54) is 0 Å². The number of nitrogens with zero attached hydrogens (tertiary/aromatic N) is 6. The highest BCUT2D eigenvalue weighted by Crippen LogP contribution is 2.59. The largest absolute Gasteiger partial charge is 0.489 e. The quantitative estimate of drug-likeness (QED) is 0.180. The molecule has 3 saturated heterocycles. The average molecular weight is 828 g/mol. The summed E-state index contributed by atoms with van der Waals surface area (Å²) in [4.78, 5) is 80.2. The second-order valence-electron chi connectivity index (χ2n) is 18.2. The number of imide groups is 2. The lowest BCUT2D eigenvalue weighted by molar-refractivity contribution is -0.199. The molecule has 1 unspecified atom stereocenters. The molecule has 3 aromatic rings. The van der Waals surface area contributed by atoms with Crippen LogP contribution in [-0.4, -0.2) is 100 Å². The van der Waals surface area contributed by atoms with Crippen molar-refractivity contribution in [3.05, 3.63) is 93.0 Å². The van der Waals surface area contributed by atoms with Crippen molar-refractivity contribution in [2.24, 2.45) is 22.7 Å². The van der Waals surface area contributed by atoms with Crippen LogP contribution in [0.1, 0.15) is 95.8 Å². The Morgan fingerprint density at radius 1 is 0.900 bits per heavy atom. The Morgan fingerprint density at radius 2 is 1.62 bits per heavy atom. The molecule has 1 atom stereocenters. The molecule has 6 aliphatic rings. The predicted molar refractivity (Wildman–Crippen MR) is 222 cm³/mol. The standard InChI is InChI=1S/C46H46ClN7O6/c1-45(2)43(46(3,4)44(45)60-30-10-13-35(48-5)34(47)21-30)53-25-36-32(40(53)57)11-8-28(49-36)7-6-27-23-51(24-27)22-26-16-18-52(19-17-26)29-9-12-31-33(20-29)42(59)54(41(31)58)37-14-15-38(55)50-39(37)56/h8-13,20-21,26-27,37,43-44H,14-19,22-25H2,1-4H3,(H,50,55,56). The second-order valence-corrected chi connectivity index (χ2v) is 18.6. The van der Waals surface area contributed by atoms with Gasteiger partial charge in [0.25, 0.3) is 17.7 Å². The fourth-order valence-corrected chi connectivity index (χ4v) is 11.1. The zero-order valence-electron chi connectivity index (χ0n) is 34.1. The number of rotatable bonds is 7. The van der Waals surface area contributed by atoms with Gasteiger partial charge in [0.2, 0.25) is 17.5 Å². The average Bonchev–Trinajstić information content (AvgIpc) is 3.64. The Labute approximate surface area is 354 Å². The Kier molecular flexibility index (Phi) is 9.76. The highest BCUT2D eigenvalue weighted by atomic mass is 35.5. The number of carbonyl (C=O) groups excluding carboxylic acids is 5. The lowest BCUT2D eigenvalue weighted by Crippen LogP contribution is -2.74. The van der Waals surface area contributed by atoms with Gasteiger partial charge in [0.05, 0.1) is 40.5 Å². The van der Waals surface area contributed by atoms with Crippen LogP contribution in [0, 0.1) is 41.1 Å². The minimum atomic E-state index is -0.977. The van der Waals surface area contributed by atoms with Crippen LogP contribution in [0.2, 0.25) is 5.02 Å². The number of pyridine rings is 1. The summed E-state index contributed by atoms with van der Waals surface area (Å²) < 4.78 is 6.46. The van der Waals surface area contributed by atoms with Gasteiger partial charge in [-0.15, -0.1) is 0 Å². The molecule has 9 rings (SSSR count). The number of hydrogen-bond donors (Lipinski definition) is 1. The summed E-state index contributed by atoms with van der Waals surface area (Å²) in [6.07, 6.45) is 2.04. The van der Waals surface area contributed by atoms with Crippen molar-refractivity contribution in [3.63, 3.8) is 0 Å². The van der Waals surface area contributed by atoms with E-state index in [1.54, 1.807) is 30.3 Å². The van der Waals surface area contributed by atoms with Gasteiger partial charge in [-0.05, 0) is 73.6 Å². The fourth-order valence-electron chi connectivity index (χ4n) is 10.9. The van der Waals surface area contributed by atoms with E-state index in [1.807, 2.05) is 23.1 Å². The Morgan fingerprint density at radius 3 is 2.32 bits per heavy atom. The topological polar surface area (TPSA) is 137 Å². The van der Waals surface area contributed by atoms with Gasteiger partial charge >= 0.3 is 0 Å². The van der Waals surface area contributed by atoms with Crippen LogP contribution in [-0.2, 0) is 16.1 Å². The zero-order valence-corrected chi connectivity index (χ0v) is 34.8. The second kappa shape index (κ2) is 14.8. The number of fused-ring (bicyclic) bond motifs is 2. The van der Waals surface area contributed by atoms with Crippen molar-refractivity contribution in [3.8, 4) is 17.6 Å². The van der Waals surface area contributed by atoms with Crippen molar-refractivity contribution in [2.75, 3.05) is 37.6 Å². The highest BCUT2D eigenvalue weighted by molar-refractivity contribution is 6.33. The van der Waals surface area contributed by atoms with E-state index < -0.39 is 29.7 Å². The van der Waals surface area contributed by atoms with Crippen molar-refractivity contribution < 1.29 is 28.7 Å². The number of likely N-dealkylation sites (tertiary alicyclic amines) is 1. The molecule has 1 N–H and O–H groups in total. The summed E-state index contributed by atoms with van der Waals surface area (Å²) >= 11 is 6.29. The molecule has 0 radical (unpaired) electrons. The van der Waals surface area contributed by atoms with Crippen molar-refractivity contribution in [2.45, 2.75) is 78.1 Å². The summed E-state index contributed by atoms with van der Waals surface area (Å²) in [6, 6.07) is 13.1. The molecule has 308 valence electrons. The van der Waals surface area contributed by atoms with Crippen LogP contribution in [0.4, 0.5) is 11.4 Å². The molecule has 0 bridgehead atoms. The van der Waals surface area contributed by atoms with Gasteiger partial charge in [0, 0.05) is 67.6 Å².